The molecule has 0 aliphatic carbocycles. The second kappa shape index (κ2) is 4.94. The fraction of sp³-hybridized carbons (Fsp3) is 0.182. The molecule has 0 atom stereocenters. The zero-order valence-electron chi connectivity index (χ0n) is 8.69. The van der Waals surface area contributed by atoms with E-state index in [9.17, 15) is 14.9 Å². The van der Waals surface area contributed by atoms with Gasteiger partial charge < -0.3 is 5.73 Å². The van der Waals surface area contributed by atoms with Gasteiger partial charge in [-0.05, 0) is 18.6 Å². The van der Waals surface area contributed by atoms with E-state index in [1.807, 2.05) is 0 Å². The molecule has 1 rings (SSSR count). The van der Waals surface area contributed by atoms with Crippen molar-refractivity contribution in [3.05, 3.63) is 39.4 Å². The Morgan fingerprint density at radius 3 is 2.75 bits per heavy atom. The molecular formula is C11H10N2O3. The van der Waals surface area contributed by atoms with Gasteiger partial charge in [0.25, 0.3) is 5.69 Å². The minimum Gasteiger partial charge on any atom is -0.369 e. The van der Waals surface area contributed by atoms with Crippen molar-refractivity contribution in [2.24, 2.45) is 5.73 Å². The number of carbonyl (C=O) groups is 1. The summed E-state index contributed by atoms with van der Waals surface area (Å²) in [7, 11) is 0. The highest BCUT2D eigenvalue weighted by Gasteiger charge is 2.06. The van der Waals surface area contributed by atoms with Crippen LogP contribution >= 0.6 is 0 Å². The number of nitrogens with two attached hydrogens (primary N) is 1. The number of rotatable bonds is 2. The molecule has 0 bridgehead atoms. The molecule has 5 heteroatoms. The van der Waals surface area contributed by atoms with E-state index in [-0.39, 0.29) is 12.1 Å². The Kier molecular flexibility index (Phi) is 3.62. The maximum absolute atomic E-state index is 10.5. The summed E-state index contributed by atoms with van der Waals surface area (Å²) in [4.78, 5) is 20.5. The van der Waals surface area contributed by atoms with Gasteiger partial charge in [0.15, 0.2) is 0 Å². The largest absolute Gasteiger partial charge is 0.369 e. The number of nitrogens with zero attached hydrogens (tertiary/aromatic N) is 1. The van der Waals surface area contributed by atoms with Gasteiger partial charge in [-0.2, -0.15) is 0 Å². The van der Waals surface area contributed by atoms with Crippen LogP contribution in [-0.4, -0.2) is 10.8 Å². The number of aryl methyl sites for hydroxylation is 1. The average Bonchev–Trinajstić information content (AvgIpc) is 2.19. The van der Waals surface area contributed by atoms with Gasteiger partial charge in [-0.1, -0.05) is 11.8 Å². The van der Waals surface area contributed by atoms with E-state index in [4.69, 9.17) is 5.73 Å². The second-order valence-corrected chi connectivity index (χ2v) is 3.20. The van der Waals surface area contributed by atoms with Crippen LogP contribution in [0, 0.1) is 28.9 Å². The van der Waals surface area contributed by atoms with Crippen molar-refractivity contribution in [2.75, 3.05) is 0 Å². The highest BCUT2D eigenvalue weighted by atomic mass is 16.6. The Balaban J connectivity index is 2.94. The lowest BCUT2D eigenvalue weighted by Crippen LogP contribution is -2.08. The quantitative estimate of drug-likeness (QED) is 0.458. The summed E-state index contributed by atoms with van der Waals surface area (Å²) >= 11 is 0. The topological polar surface area (TPSA) is 86.2 Å². The van der Waals surface area contributed by atoms with Crippen LogP contribution in [0.5, 0.6) is 0 Å². The van der Waals surface area contributed by atoms with Crippen molar-refractivity contribution in [1.29, 1.82) is 0 Å². The summed E-state index contributed by atoms with van der Waals surface area (Å²) in [6.45, 7) is 1.72. The molecule has 0 heterocycles. The molecule has 1 aromatic carbocycles. The van der Waals surface area contributed by atoms with Crippen LogP contribution in [0.4, 0.5) is 5.69 Å². The normalized spacial score (nSPS) is 9.06. The minimum absolute atomic E-state index is 0.0174. The van der Waals surface area contributed by atoms with E-state index in [0.29, 0.717) is 11.1 Å². The Morgan fingerprint density at radius 2 is 2.25 bits per heavy atom. The molecule has 1 amide bonds. The number of benzene rings is 1. The molecule has 1 aromatic rings. The number of non-ortho nitro benzene ring substituents is 1. The average molecular weight is 218 g/mol. The van der Waals surface area contributed by atoms with Gasteiger partial charge in [-0.25, -0.2) is 0 Å². The lowest BCUT2D eigenvalue weighted by Gasteiger charge is -1.97. The zero-order valence-corrected chi connectivity index (χ0v) is 8.69. The molecule has 0 aliphatic heterocycles. The van der Waals surface area contributed by atoms with Crippen molar-refractivity contribution >= 4 is 11.6 Å². The third-order valence-electron chi connectivity index (χ3n) is 1.91. The summed E-state index contributed by atoms with van der Waals surface area (Å²) in [5, 5.41) is 10.5. The standard InChI is InChI=1S/C11H10N2O3/c1-8-7-10(13(15)16)6-5-9(8)3-2-4-11(12)14/h5-7H,4H2,1H3,(H2,12,14). The van der Waals surface area contributed by atoms with E-state index < -0.39 is 10.8 Å². The lowest BCUT2D eigenvalue weighted by atomic mass is 10.1. The van der Waals surface area contributed by atoms with E-state index in [1.54, 1.807) is 13.0 Å². The fourth-order valence-corrected chi connectivity index (χ4v) is 1.13. The third kappa shape index (κ3) is 3.10. The van der Waals surface area contributed by atoms with Crippen LogP contribution in [0.2, 0.25) is 0 Å². The monoisotopic (exact) mass is 218 g/mol. The Hall–Kier alpha value is -2.35. The van der Waals surface area contributed by atoms with Crippen molar-refractivity contribution in [3.63, 3.8) is 0 Å². The van der Waals surface area contributed by atoms with Crippen LogP contribution in [0.3, 0.4) is 0 Å². The van der Waals surface area contributed by atoms with Crippen LogP contribution in [0.25, 0.3) is 0 Å². The Bertz CT molecular complexity index is 498. The number of nitro groups is 1. The SMILES string of the molecule is Cc1cc([N+](=O)[O-])ccc1C#CCC(N)=O. The summed E-state index contributed by atoms with van der Waals surface area (Å²) in [5.41, 5.74) is 6.31. The van der Waals surface area contributed by atoms with Crippen molar-refractivity contribution in [3.8, 4) is 11.8 Å². The lowest BCUT2D eigenvalue weighted by molar-refractivity contribution is -0.384. The summed E-state index contributed by atoms with van der Waals surface area (Å²) in [6.07, 6.45) is -0.0174. The Morgan fingerprint density at radius 1 is 1.56 bits per heavy atom. The van der Waals surface area contributed by atoms with Gasteiger partial charge in [0.05, 0.1) is 11.3 Å². The molecule has 16 heavy (non-hydrogen) atoms. The van der Waals surface area contributed by atoms with Gasteiger partial charge >= 0.3 is 0 Å². The first-order valence-corrected chi connectivity index (χ1v) is 4.53. The van der Waals surface area contributed by atoms with E-state index in [2.05, 4.69) is 11.8 Å². The predicted molar refractivity (Wildman–Crippen MR) is 58.5 cm³/mol. The third-order valence-corrected chi connectivity index (χ3v) is 1.91. The smallest absolute Gasteiger partial charge is 0.269 e. The molecule has 0 spiro atoms. The first kappa shape index (κ1) is 11.7. The number of hydrogen-bond acceptors (Lipinski definition) is 3. The molecule has 82 valence electrons. The van der Waals surface area contributed by atoms with Crippen LogP contribution in [-0.2, 0) is 4.79 Å². The van der Waals surface area contributed by atoms with Crippen molar-refractivity contribution < 1.29 is 9.72 Å². The second-order valence-electron chi connectivity index (χ2n) is 3.20. The molecule has 0 fully saturated rings. The predicted octanol–water partition coefficient (Wildman–Crippen LogP) is 1.13. The molecular weight excluding hydrogens is 208 g/mol. The fourth-order valence-electron chi connectivity index (χ4n) is 1.13. The molecule has 0 radical (unpaired) electrons. The van der Waals surface area contributed by atoms with E-state index >= 15 is 0 Å². The molecule has 0 saturated carbocycles. The first-order valence-electron chi connectivity index (χ1n) is 4.53. The molecule has 2 N–H and O–H groups in total. The van der Waals surface area contributed by atoms with Gasteiger partial charge in [-0.3, -0.25) is 14.9 Å². The van der Waals surface area contributed by atoms with Gasteiger partial charge in [0, 0.05) is 17.7 Å². The molecule has 0 unspecified atom stereocenters. The van der Waals surface area contributed by atoms with Crippen molar-refractivity contribution in [2.45, 2.75) is 13.3 Å². The highest BCUT2D eigenvalue weighted by molar-refractivity contribution is 5.76. The molecule has 5 nitrogen and oxygen atoms in total. The molecule has 0 aromatic heterocycles. The van der Waals surface area contributed by atoms with Crippen LogP contribution in [0.1, 0.15) is 17.5 Å². The maximum atomic E-state index is 10.5. The molecule has 0 saturated heterocycles. The molecule has 0 aliphatic rings. The van der Waals surface area contributed by atoms with Gasteiger partial charge in [0.1, 0.15) is 0 Å². The van der Waals surface area contributed by atoms with E-state index in [1.165, 1.54) is 12.1 Å². The van der Waals surface area contributed by atoms with Crippen molar-refractivity contribution in [1.82, 2.24) is 0 Å². The number of carbonyl (C=O) groups excluding carboxylic acids is 1. The van der Waals surface area contributed by atoms with Gasteiger partial charge in [-0.15, -0.1) is 0 Å². The van der Waals surface area contributed by atoms with Crippen LogP contribution in [0.15, 0.2) is 18.2 Å². The number of nitro benzene ring substituents is 1. The van der Waals surface area contributed by atoms with E-state index in [0.717, 1.165) is 0 Å². The summed E-state index contributed by atoms with van der Waals surface area (Å²) < 4.78 is 0. The minimum atomic E-state index is -0.493. The number of amides is 1. The Labute approximate surface area is 92.4 Å². The van der Waals surface area contributed by atoms with Crippen LogP contribution < -0.4 is 5.73 Å². The summed E-state index contributed by atoms with van der Waals surface area (Å²) in [6, 6.07) is 4.37. The highest BCUT2D eigenvalue weighted by Crippen LogP contribution is 2.16. The number of primary amides is 1. The number of hydrogen-bond donors (Lipinski definition) is 1. The van der Waals surface area contributed by atoms with Gasteiger partial charge in [0.2, 0.25) is 5.91 Å². The summed E-state index contributed by atoms with van der Waals surface area (Å²) in [5.74, 6) is 4.84. The first-order chi connectivity index (χ1) is 7.50. The zero-order chi connectivity index (χ0) is 12.1. The maximum Gasteiger partial charge on any atom is 0.269 e.